The molecule has 3 heterocycles. The van der Waals surface area contributed by atoms with Crippen molar-refractivity contribution in [2.45, 2.75) is 6.10 Å². The third-order valence-corrected chi connectivity index (χ3v) is 7.94. The number of hydrogen-bond acceptors (Lipinski definition) is 6. The Balaban J connectivity index is 1.38. The number of anilines is 2. The Hall–Kier alpha value is -2.66. The SMILES string of the molecule is O=S=S1CCN(c2ccc(N3C[C@H](CNC(=O)c4[c]cco4)OC3=O)cc2F)CC1. The number of nitrogens with zero attached hydrogens (tertiary/aromatic N) is 2. The normalized spacial score (nSPS) is 19.6. The van der Waals surface area contributed by atoms with Gasteiger partial charge in [0.05, 0.1) is 30.7 Å². The van der Waals surface area contributed by atoms with Gasteiger partial charge >= 0.3 is 6.09 Å². The van der Waals surface area contributed by atoms with E-state index in [1.165, 1.54) is 23.3 Å². The van der Waals surface area contributed by atoms with E-state index in [9.17, 15) is 18.2 Å². The van der Waals surface area contributed by atoms with Gasteiger partial charge in [0.2, 0.25) is 0 Å². The number of amides is 2. The van der Waals surface area contributed by atoms with Crippen LogP contribution in [0.2, 0.25) is 0 Å². The first-order valence-electron chi connectivity index (χ1n) is 9.29. The second-order valence-corrected chi connectivity index (χ2v) is 10.4. The van der Waals surface area contributed by atoms with Gasteiger partial charge in [-0.15, -0.1) is 0 Å². The highest BCUT2D eigenvalue weighted by atomic mass is 32.8. The van der Waals surface area contributed by atoms with E-state index in [-0.39, 0.29) is 28.3 Å². The van der Waals surface area contributed by atoms with E-state index in [1.54, 1.807) is 12.1 Å². The van der Waals surface area contributed by atoms with Crippen LogP contribution in [0.3, 0.4) is 0 Å². The number of nitrogens with one attached hydrogen (secondary N) is 1. The zero-order valence-electron chi connectivity index (χ0n) is 15.8. The summed E-state index contributed by atoms with van der Waals surface area (Å²) >= 11 is 0. The summed E-state index contributed by atoms with van der Waals surface area (Å²) in [6.45, 7) is 1.56. The van der Waals surface area contributed by atoms with Crippen LogP contribution in [0.15, 0.2) is 34.9 Å². The fourth-order valence-corrected chi connectivity index (χ4v) is 5.40. The lowest BCUT2D eigenvalue weighted by molar-refractivity contribution is 0.0889. The molecule has 0 spiro atoms. The molecule has 1 atom stereocenters. The van der Waals surface area contributed by atoms with Gasteiger partial charge in [0, 0.05) is 30.7 Å². The Morgan fingerprint density at radius 1 is 1.37 bits per heavy atom. The largest absolute Gasteiger partial charge is 0.459 e. The standard InChI is InChI=1S/C19H19FN3O5S2/c20-15-10-13(3-4-16(15)22-5-8-30(29-26)9-6-22)23-12-14(28-19(23)25)11-21-18(24)17-2-1-7-27-17/h1,3-4,7,10,14H,5-6,8-9,11-12H2,(H,21,24)/t14-/m0/s1. The van der Waals surface area contributed by atoms with Crippen LogP contribution in [-0.4, -0.2) is 60.0 Å². The molecule has 0 bridgehead atoms. The van der Waals surface area contributed by atoms with Crippen LogP contribution in [0, 0.1) is 11.9 Å². The summed E-state index contributed by atoms with van der Waals surface area (Å²) in [5, 5.41) is 2.62. The van der Waals surface area contributed by atoms with Gasteiger partial charge in [-0.1, -0.05) is 9.45 Å². The highest BCUT2D eigenvalue weighted by molar-refractivity contribution is 8.31. The lowest BCUT2D eigenvalue weighted by Gasteiger charge is -2.30. The summed E-state index contributed by atoms with van der Waals surface area (Å²) in [5.74, 6) is 0.660. The first kappa shape index (κ1) is 20.6. The van der Waals surface area contributed by atoms with Gasteiger partial charge in [-0.25, -0.2) is 13.4 Å². The van der Waals surface area contributed by atoms with E-state index >= 15 is 0 Å². The molecular formula is C19H19FN3O5S2. The number of furan rings is 1. The van der Waals surface area contributed by atoms with Crippen molar-refractivity contribution in [2.75, 3.05) is 47.5 Å². The molecule has 2 saturated heterocycles. The average molecular weight is 453 g/mol. The maximum absolute atomic E-state index is 14.7. The molecule has 11 heteroatoms. The summed E-state index contributed by atoms with van der Waals surface area (Å²) < 4.78 is 35.9. The van der Waals surface area contributed by atoms with Crippen molar-refractivity contribution in [3.8, 4) is 0 Å². The van der Waals surface area contributed by atoms with Crippen molar-refractivity contribution in [1.82, 2.24) is 5.32 Å². The third-order valence-electron chi connectivity index (χ3n) is 4.90. The monoisotopic (exact) mass is 452 g/mol. The minimum absolute atomic E-state index is 0.0484. The predicted molar refractivity (Wildman–Crippen MR) is 111 cm³/mol. The number of hydrogen-bond donors (Lipinski definition) is 1. The molecule has 0 saturated carbocycles. The van der Waals surface area contributed by atoms with E-state index in [1.807, 2.05) is 4.90 Å². The van der Waals surface area contributed by atoms with E-state index in [4.69, 9.17) is 9.15 Å². The summed E-state index contributed by atoms with van der Waals surface area (Å²) in [6, 6.07) is 8.76. The third kappa shape index (κ3) is 4.41. The average Bonchev–Trinajstić information content (AvgIpc) is 3.42. The van der Waals surface area contributed by atoms with Crippen molar-refractivity contribution < 1.29 is 27.3 Å². The molecule has 2 amide bonds. The Morgan fingerprint density at radius 2 is 2.17 bits per heavy atom. The minimum atomic E-state index is -0.597. The number of cyclic esters (lactones) is 1. The van der Waals surface area contributed by atoms with Crippen molar-refractivity contribution >= 4 is 43.1 Å². The molecule has 1 aromatic heterocycles. The fourth-order valence-electron chi connectivity index (χ4n) is 3.36. The molecule has 1 radical (unpaired) electrons. The number of carbonyl (C=O) groups excluding carboxylic acids is 2. The zero-order valence-corrected chi connectivity index (χ0v) is 17.5. The fraction of sp³-hybridized carbons (Fsp3) is 0.368. The number of benzene rings is 1. The van der Waals surface area contributed by atoms with Gasteiger partial charge in [0.25, 0.3) is 5.91 Å². The Labute approximate surface area is 177 Å². The van der Waals surface area contributed by atoms with Crippen molar-refractivity contribution in [1.29, 1.82) is 0 Å². The van der Waals surface area contributed by atoms with Crippen LogP contribution in [0.4, 0.5) is 20.6 Å². The molecule has 0 unspecified atom stereocenters. The first-order chi connectivity index (χ1) is 14.5. The van der Waals surface area contributed by atoms with Gasteiger partial charge in [0.1, 0.15) is 22.1 Å². The summed E-state index contributed by atoms with van der Waals surface area (Å²) in [7, 11) is 0.444. The maximum atomic E-state index is 14.7. The minimum Gasteiger partial charge on any atom is -0.459 e. The Bertz CT molecular complexity index is 1000. The van der Waals surface area contributed by atoms with Crippen LogP contribution in [0.25, 0.3) is 0 Å². The molecule has 2 aliphatic rings. The molecule has 4 rings (SSSR count). The lowest BCUT2D eigenvalue weighted by Crippen LogP contribution is -2.38. The first-order valence-corrected chi connectivity index (χ1v) is 12.1. The van der Waals surface area contributed by atoms with E-state index < -0.39 is 23.9 Å². The van der Waals surface area contributed by atoms with E-state index in [0.29, 0.717) is 34.7 Å². The Kier molecular flexibility index (Phi) is 6.18. The van der Waals surface area contributed by atoms with Crippen molar-refractivity contribution in [2.24, 2.45) is 0 Å². The van der Waals surface area contributed by atoms with E-state index in [2.05, 4.69) is 11.4 Å². The van der Waals surface area contributed by atoms with Gasteiger partial charge in [0.15, 0.2) is 5.76 Å². The zero-order chi connectivity index (χ0) is 21.1. The summed E-state index contributed by atoms with van der Waals surface area (Å²) in [6.07, 6.45) is 0.180. The number of rotatable bonds is 5. The van der Waals surface area contributed by atoms with Gasteiger partial charge in [-0.05, 0) is 24.3 Å². The highest BCUT2D eigenvalue weighted by Crippen LogP contribution is 2.28. The van der Waals surface area contributed by atoms with Crippen molar-refractivity contribution in [3.05, 3.63) is 48.2 Å². The number of halogens is 1. The van der Waals surface area contributed by atoms with Crippen LogP contribution in [0.1, 0.15) is 10.6 Å². The van der Waals surface area contributed by atoms with E-state index in [0.717, 1.165) is 11.5 Å². The maximum Gasteiger partial charge on any atom is 0.414 e. The molecule has 159 valence electrons. The second kappa shape index (κ2) is 9.00. The molecule has 1 aromatic carbocycles. The molecule has 0 aliphatic carbocycles. The van der Waals surface area contributed by atoms with Crippen LogP contribution < -0.4 is 15.1 Å². The van der Waals surface area contributed by atoms with Crippen LogP contribution in [-0.2, 0) is 24.4 Å². The highest BCUT2D eigenvalue weighted by Gasteiger charge is 2.33. The Morgan fingerprint density at radius 3 is 2.83 bits per heavy atom. The molecule has 8 nitrogen and oxygen atoms in total. The quantitative estimate of drug-likeness (QED) is 0.740. The molecular weight excluding hydrogens is 433 g/mol. The molecule has 2 aromatic rings. The van der Waals surface area contributed by atoms with Crippen LogP contribution >= 0.6 is 0 Å². The number of carbonyl (C=O) groups is 2. The number of ether oxygens (including phenoxy) is 1. The summed E-state index contributed by atoms with van der Waals surface area (Å²) in [4.78, 5) is 27.4. The van der Waals surface area contributed by atoms with Gasteiger partial charge in [-0.3, -0.25) is 9.69 Å². The van der Waals surface area contributed by atoms with Crippen LogP contribution in [0.5, 0.6) is 0 Å². The molecule has 30 heavy (non-hydrogen) atoms. The summed E-state index contributed by atoms with van der Waals surface area (Å²) in [5.41, 5.74) is 0.852. The molecule has 1 N–H and O–H groups in total. The molecule has 2 fully saturated rings. The smallest absolute Gasteiger partial charge is 0.414 e. The van der Waals surface area contributed by atoms with Gasteiger partial charge in [-0.2, -0.15) is 0 Å². The van der Waals surface area contributed by atoms with Crippen molar-refractivity contribution in [3.63, 3.8) is 0 Å². The predicted octanol–water partition coefficient (Wildman–Crippen LogP) is 1.54. The molecule has 2 aliphatic heterocycles. The topological polar surface area (TPSA) is 92.1 Å². The second-order valence-electron chi connectivity index (χ2n) is 6.76. The van der Waals surface area contributed by atoms with Gasteiger partial charge < -0.3 is 19.4 Å². The lowest BCUT2D eigenvalue weighted by atomic mass is 10.2.